The topological polar surface area (TPSA) is 82.9 Å². The average molecular weight is 199 g/mol. The second kappa shape index (κ2) is 3.98. The molecular weight excluding hydrogens is 192 g/mol. The molecule has 0 atom stereocenters. The highest BCUT2D eigenvalue weighted by Crippen LogP contribution is 2.27. The minimum absolute atomic E-state index is 0.00870. The monoisotopic (exact) mass is 199 g/mol. The maximum Gasteiger partial charge on any atom is 0.267 e. The number of hydrogen-bond acceptors (Lipinski definition) is 4. The summed E-state index contributed by atoms with van der Waals surface area (Å²) in [5, 5.41) is 17.4. The highest BCUT2D eigenvalue weighted by Gasteiger charge is 2.17. The standard InChI is InChI=1S/C8H7F2N3O/c9-8(10)5-2-13-6(3-14)4(1-11)7(5)12/h2,8,14H,3H2,(H2,12,13). The lowest BCUT2D eigenvalue weighted by Crippen LogP contribution is -2.04. The summed E-state index contributed by atoms with van der Waals surface area (Å²) >= 11 is 0. The number of nitriles is 1. The smallest absolute Gasteiger partial charge is 0.267 e. The molecule has 4 nitrogen and oxygen atoms in total. The van der Waals surface area contributed by atoms with E-state index in [-0.39, 0.29) is 16.9 Å². The van der Waals surface area contributed by atoms with Crippen molar-refractivity contribution in [2.24, 2.45) is 0 Å². The van der Waals surface area contributed by atoms with Gasteiger partial charge < -0.3 is 10.8 Å². The van der Waals surface area contributed by atoms with Gasteiger partial charge in [-0.25, -0.2) is 8.78 Å². The SMILES string of the molecule is N#Cc1c(CO)ncc(C(F)F)c1N. The summed E-state index contributed by atoms with van der Waals surface area (Å²) in [5.74, 6) is 0. The van der Waals surface area contributed by atoms with Gasteiger partial charge in [0.05, 0.1) is 29.1 Å². The van der Waals surface area contributed by atoms with E-state index in [1.165, 1.54) is 0 Å². The van der Waals surface area contributed by atoms with Crippen LogP contribution in [0.5, 0.6) is 0 Å². The molecule has 0 aliphatic heterocycles. The first-order valence-electron chi connectivity index (χ1n) is 3.68. The molecule has 3 N–H and O–H groups in total. The number of nitrogens with zero attached hydrogens (tertiary/aromatic N) is 2. The summed E-state index contributed by atoms with van der Waals surface area (Å²) in [6.45, 7) is -0.503. The summed E-state index contributed by atoms with van der Waals surface area (Å²) in [5.41, 5.74) is 4.33. The van der Waals surface area contributed by atoms with Crippen LogP contribution in [0.25, 0.3) is 0 Å². The number of halogens is 2. The fourth-order valence-electron chi connectivity index (χ4n) is 1.000. The largest absolute Gasteiger partial charge is 0.397 e. The molecular formula is C8H7F2N3O. The van der Waals surface area contributed by atoms with Crippen molar-refractivity contribution in [2.45, 2.75) is 13.0 Å². The Hall–Kier alpha value is -1.74. The summed E-state index contributed by atoms with van der Waals surface area (Å²) in [6.07, 6.45) is -1.91. The highest BCUT2D eigenvalue weighted by atomic mass is 19.3. The van der Waals surface area contributed by atoms with Crippen LogP contribution in [0.4, 0.5) is 14.5 Å². The lowest BCUT2D eigenvalue weighted by atomic mass is 10.1. The van der Waals surface area contributed by atoms with Crippen molar-refractivity contribution < 1.29 is 13.9 Å². The zero-order valence-electron chi connectivity index (χ0n) is 7.04. The second-order valence-corrected chi connectivity index (χ2v) is 2.52. The van der Waals surface area contributed by atoms with Crippen molar-refractivity contribution in [3.8, 4) is 6.07 Å². The third-order valence-corrected chi connectivity index (χ3v) is 1.73. The highest BCUT2D eigenvalue weighted by molar-refractivity contribution is 5.60. The third-order valence-electron chi connectivity index (χ3n) is 1.73. The molecule has 14 heavy (non-hydrogen) atoms. The van der Waals surface area contributed by atoms with Gasteiger partial charge in [-0.1, -0.05) is 0 Å². The van der Waals surface area contributed by atoms with Crippen molar-refractivity contribution in [1.82, 2.24) is 4.98 Å². The minimum atomic E-state index is -2.78. The van der Waals surface area contributed by atoms with E-state index < -0.39 is 18.6 Å². The number of aromatic nitrogens is 1. The van der Waals surface area contributed by atoms with E-state index in [0.29, 0.717) is 0 Å². The Labute approximate surface area is 78.6 Å². The van der Waals surface area contributed by atoms with Crippen molar-refractivity contribution in [3.05, 3.63) is 23.0 Å². The van der Waals surface area contributed by atoms with E-state index in [4.69, 9.17) is 16.1 Å². The van der Waals surface area contributed by atoms with Crippen LogP contribution >= 0.6 is 0 Å². The number of aliphatic hydroxyl groups excluding tert-OH is 1. The van der Waals surface area contributed by atoms with Crippen molar-refractivity contribution in [2.75, 3.05) is 5.73 Å². The molecule has 0 spiro atoms. The van der Waals surface area contributed by atoms with Crippen LogP contribution in [0.1, 0.15) is 23.2 Å². The Morgan fingerprint density at radius 3 is 2.71 bits per heavy atom. The van der Waals surface area contributed by atoms with Gasteiger partial charge in [-0.15, -0.1) is 0 Å². The first-order valence-corrected chi connectivity index (χ1v) is 3.68. The quantitative estimate of drug-likeness (QED) is 0.743. The molecule has 0 radical (unpaired) electrons. The molecule has 1 heterocycles. The predicted molar refractivity (Wildman–Crippen MR) is 44.2 cm³/mol. The van der Waals surface area contributed by atoms with Crippen LogP contribution in [-0.4, -0.2) is 10.1 Å². The van der Waals surface area contributed by atoms with E-state index in [2.05, 4.69) is 4.98 Å². The summed E-state index contributed by atoms with van der Waals surface area (Å²) in [6, 6.07) is 1.63. The van der Waals surface area contributed by atoms with Gasteiger partial charge >= 0.3 is 0 Å². The fourth-order valence-corrected chi connectivity index (χ4v) is 1.000. The first-order chi connectivity index (χ1) is 6.61. The lowest BCUT2D eigenvalue weighted by Gasteiger charge is -2.07. The number of pyridine rings is 1. The van der Waals surface area contributed by atoms with Gasteiger partial charge in [0.25, 0.3) is 6.43 Å². The zero-order valence-corrected chi connectivity index (χ0v) is 7.04. The molecule has 0 saturated carbocycles. The molecule has 0 saturated heterocycles. The van der Waals surface area contributed by atoms with Gasteiger partial charge in [-0.3, -0.25) is 4.98 Å². The molecule has 0 amide bonds. The van der Waals surface area contributed by atoms with Crippen LogP contribution in [0.3, 0.4) is 0 Å². The number of nitrogen functional groups attached to an aromatic ring is 1. The Balaban J connectivity index is 3.37. The first kappa shape index (κ1) is 10.3. The third kappa shape index (κ3) is 1.63. The predicted octanol–water partition coefficient (Wildman–Crippen LogP) is 0.965. The van der Waals surface area contributed by atoms with Crippen LogP contribution in [0.2, 0.25) is 0 Å². The maximum atomic E-state index is 12.3. The number of nitrogens with two attached hydrogens (primary N) is 1. The Morgan fingerprint density at radius 1 is 1.64 bits per heavy atom. The van der Waals surface area contributed by atoms with E-state index >= 15 is 0 Å². The molecule has 6 heteroatoms. The number of rotatable bonds is 2. The molecule has 74 valence electrons. The van der Waals surface area contributed by atoms with E-state index in [0.717, 1.165) is 6.20 Å². The number of alkyl halides is 2. The minimum Gasteiger partial charge on any atom is -0.397 e. The van der Waals surface area contributed by atoms with Gasteiger partial charge in [0, 0.05) is 6.20 Å². The van der Waals surface area contributed by atoms with Crippen LogP contribution < -0.4 is 5.73 Å². The van der Waals surface area contributed by atoms with E-state index in [1.54, 1.807) is 6.07 Å². The zero-order chi connectivity index (χ0) is 10.7. The van der Waals surface area contributed by atoms with Gasteiger partial charge in [-0.05, 0) is 0 Å². The molecule has 0 aromatic carbocycles. The van der Waals surface area contributed by atoms with E-state index in [1.807, 2.05) is 0 Å². The Morgan fingerprint density at radius 2 is 2.29 bits per heavy atom. The van der Waals surface area contributed by atoms with Gasteiger partial charge in [-0.2, -0.15) is 5.26 Å². The van der Waals surface area contributed by atoms with Crippen LogP contribution in [-0.2, 0) is 6.61 Å². The normalized spacial score (nSPS) is 10.2. The van der Waals surface area contributed by atoms with Crippen LogP contribution in [0, 0.1) is 11.3 Å². The summed E-state index contributed by atoms with van der Waals surface area (Å²) in [7, 11) is 0. The number of aliphatic hydroxyl groups is 1. The Kier molecular flexibility index (Phi) is 2.94. The molecule has 0 aliphatic rings. The fraction of sp³-hybridized carbons (Fsp3) is 0.250. The molecule has 1 rings (SSSR count). The second-order valence-electron chi connectivity index (χ2n) is 2.52. The molecule has 0 unspecified atom stereocenters. The molecule has 0 aliphatic carbocycles. The van der Waals surface area contributed by atoms with Gasteiger partial charge in [0.2, 0.25) is 0 Å². The molecule has 1 aromatic heterocycles. The molecule has 0 bridgehead atoms. The number of anilines is 1. The van der Waals surface area contributed by atoms with Crippen molar-refractivity contribution in [3.63, 3.8) is 0 Å². The Bertz CT molecular complexity index is 387. The lowest BCUT2D eigenvalue weighted by molar-refractivity contribution is 0.151. The van der Waals surface area contributed by atoms with Crippen molar-refractivity contribution in [1.29, 1.82) is 5.26 Å². The summed E-state index contributed by atoms with van der Waals surface area (Å²) < 4.78 is 24.6. The van der Waals surface area contributed by atoms with Gasteiger partial charge in [0.1, 0.15) is 6.07 Å². The maximum absolute atomic E-state index is 12.3. The molecule has 0 fully saturated rings. The van der Waals surface area contributed by atoms with Gasteiger partial charge in [0.15, 0.2) is 0 Å². The van der Waals surface area contributed by atoms with E-state index in [9.17, 15) is 8.78 Å². The van der Waals surface area contributed by atoms with Crippen LogP contribution in [0.15, 0.2) is 6.20 Å². The van der Waals surface area contributed by atoms with Crippen molar-refractivity contribution >= 4 is 5.69 Å². The average Bonchev–Trinajstić information content (AvgIpc) is 2.16. The summed E-state index contributed by atoms with van der Waals surface area (Å²) in [4.78, 5) is 3.52. The molecule has 1 aromatic rings. The number of hydrogen-bond donors (Lipinski definition) is 2.